The molecule has 212 valence electrons. The molecule has 0 saturated heterocycles. The molecular formula is C43H28O2. The predicted octanol–water partition coefficient (Wildman–Crippen LogP) is 10.7. The van der Waals surface area contributed by atoms with Crippen molar-refractivity contribution in [3.63, 3.8) is 0 Å². The summed E-state index contributed by atoms with van der Waals surface area (Å²) in [5.74, 6) is 2.05. The summed E-state index contributed by atoms with van der Waals surface area (Å²) >= 11 is 0. The van der Waals surface area contributed by atoms with Gasteiger partial charge in [0.2, 0.25) is 0 Å². The molecule has 8 aromatic carbocycles. The fourth-order valence-corrected chi connectivity index (χ4v) is 8.56. The Morgan fingerprint density at radius 2 is 1.00 bits per heavy atom. The Hall–Kier alpha value is -5.60. The normalized spacial score (nSPS) is 14.2. The second-order valence-electron chi connectivity index (χ2n) is 12.6. The second-order valence-corrected chi connectivity index (χ2v) is 12.6. The van der Waals surface area contributed by atoms with Crippen LogP contribution in [0.1, 0.15) is 38.9 Å². The number of aromatic hydroxyl groups is 1. The van der Waals surface area contributed by atoms with Gasteiger partial charge in [-0.1, -0.05) is 127 Å². The standard InChI is InChI=1S/C43H28O2/c1-25-22-28-18-20-36-41(39(28)32-14-6-4-12-30(25)32)45-42-37(21-19-29-24-38(44)31-13-5-7-15-33(31)40(29)42)43(36)34-16-8-2-10-26(34)23-27-11-3-9-17-35(27)43/h2-22,24,44H,23H2,1H3. The van der Waals surface area contributed by atoms with Gasteiger partial charge in [-0.2, -0.15) is 0 Å². The highest BCUT2D eigenvalue weighted by molar-refractivity contribution is 6.16. The third kappa shape index (κ3) is 3.09. The molecule has 10 rings (SSSR count). The first-order valence-electron chi connectivity index (χ1n) is 15.6. The van der Waals surface area contributed by atoms with Gasteiger partial charge in [0, 0.05) is 27.3 Å². The molecule has 2 aliphatic rings. The summed E-state index contributed by atoms with van der Waals surface area (Å²) in [4.78, 5) is 0. The van der Waals surface area contributed by atoms with Crippen molar-refractivity contribution in [2.24, 2.45) is 0 Å². The highest BCUT2D eigenvalue weighted by Gasteiger charge is 2.50. The first kappa shape index (κ1) is 24.8. The molecule has 0 aromatic heterocycles. The van der Waals surface area contributed by atoms with Gasteiger partial charge in [0.1, 0.15) is 17.2 Å². The van der Waals surface area contributed by atoms with E-state index in [1.54, 1.807) is 0 Å². The first-order chi connectivity index (χ1) is 22.1. The Morgan fingerprint density at radius 3 is 1.62 bits per heavy atom. The average Bonchev–Trinajstić information content (AvgIpc) is 3.08. The van der Waals surface area contributed by atoms with Gasteiger partial charge < -0.3 is 9.84 Å². The summed E-state index contributed by atoms with van der Waals surface area (Å²) in [6, 6.07) is 47.9. The zero-order valence-corrected chi connectivity index (χ0v) is 24.8. The molecule has 1 heterocycles. The summed E-state index contributed by atoms with van der Waals surface area (Å²) < 4.78 is 7.38. The number of hydrogen-bond donors (Lipinski definition) is 1. The number of aryl methyl sites for hydroxylation is 1. The van der Waals surface area contributed by atoms with Gasteiger partial charge in [0.15, 0.2) is 0 Å². The van der Waals surface area contributed by atoms with Crippen LogP contribution >= 0.6 is 0 Å². The zero-order valence-electron chi connectivity index (χ0n) is 24.8. The van der Waals surface area contributed by atoms with Gasteiger partial charge in [-0.05, 0) is 74.2 Å². The lowest BCUT2D eigenvalue weighted by Gasteiger charge is -2.46. The summed E-state index contributed by atoms with van der Waals surface area (Å²) in [6.45, 7) is 2.19. The number of phenolic OH excluding ortho intramolecular Hbond substituents is 1. The zero-order chi connectivity index (χ0) is 29.9. The van der Waals surface area contributed by atoms with E-state index in [0.717, 1.165) is 50.4 Å². The van der Waals surface area contributed by atoms with Gasteiger partial charge in [-0.3, -0.25) is 0 Å². The number of benzene rings is 8. The second kappa shape index (κ2) is 8.74. The minimum Gasteiger partial charge on any atom is -0.507 e. The molecule has 0 saturated carbocycles. The van der Waals surface area contributed by atoms with Crippen LogP contribution in [0.3, 0.4) is 0 Å². The maximum absolute atomic E-state index is 11.1. The summed E-state index contributed by atoms with van der Waals surface area (Å²) in [5, 5.41) is 19.6. The van der Waals surface area contributed by atoms with E-state index in [1.807, 2.05) is 24.3 Å². The number of rotatable bonds is 0. The molecule has 1 N–H and O–H groups in total. The smallest absolute Gasteiger partial charge is 0.140 e. The average molecular weight is 577 g/mol. The van der Waals surface area contributed by atoms with Gasteiger partial charge in [-0.15, -0.1) is 0 Å². The molecular weight excluding hydrogens is 548 g/mol. The maximum atomic E-state index is 11.1. The van der Waals surface area contributed by atoms with Crippen LogP contribution in [0.5, 0.6) is 17.2 Å². The fourth-order valence-electron chi connectivity index (χ4n) is 8.56. The minimum atomic E-state index is -0.596. The Balaban J connectivity index is 1.48. The molecule has 0 atom stereocenters. The predicted molar refractivity (Wildman–Crippen MR) is 184 cm³/mol. The minimum absolute atomic E-state index is 0.282. The largest absolute Gasteiger partial charge is 0.507 e. The van der Waals surface area contributed by atoms with Crippen LogP contribution in [0.25, 0.3) is 43.1 Å². The van der Waals surface area contributed by atoms with E-state index in [-0.39, 0.29) is 5.75 Å². The third-order valence-corrected chi connectivity index (χ3v) is 10.4. The highest BCUT2D eigenvalue weighted by atomic mass is 16.5. The topological polar surface area (TPSA) is 29.5 Å². The van der Waals surface area contributed by atoms with Gasteiger partial charge in [-0.25, -0.2) is 0 Å². The lowest BCUT2D eigenvalue weighted by atomic mass is 9.58. The van der Waals surface area contributed by atoms with Crippen LogP contribution in [-0.4, -0.2) is 5.11 Å². The van der Waals surface area contributed by atoms with Crippen molar-refractivity contribution in [1.29, 1.82) is 0 Å². The van der Waals surface area contributed by atoms with Crippen molar-refractivity contribution >= 4 is 43.1 Å². The molecule has 0 amide bonds. The van der Waals surface area contributed by atoms with Gasteiger partial charge in [0.05, 0.1) is 5.41 Å². The van der Waals surface area contributed by atoms with E-state index in [4.69, 9.17) is 4.74 Å². The van der Waals surface area contributed by atoms with Crippen LogP contribution in [-0.2, 0) is 11.8 Å². The van der Waals surface area contributed by atoms with Crippen molar-refractivity contribution < 1.29 is 9.84 Å². The summed E-state index contributed by atoms with van der Waals surface area (Å²) in [6.07, 6.45) is 0.889. The lowest BCUT2D eigenvalue weighted by molar-refractivity contribution is 0.443. The lowest BCUT2D eigenvalue weighted by Crippen LogP contribution is -2.38. The Bertz CT molecular complexity index is 2400. The molecule has 8 aromatic rings. The van der Waals surface area contributed by atoms with Gasteiger partial charge >= 0.3 is 0 Å². The van der Waals surface area contributed by atoms with Crippen LogP contribution in [0.2, 0.25) is 0 Å². The molecule has 0 unspecified atom stereocenters. The third-order valence-electron chi connectivity index (χ3n) is 10.4. The number of fused-ring (bicyclic) bond motifs is 16. The molecule has 45 heavy (non-hydrogen) atoms. The van der Waals surface area contributed by atoms with E-state index < -0.39 is 5.41 Å². The maximum Gasteiger partial charge on any atom is 0.140 e. The van der Waals surface area contributed by atoms with E-state index >= 15 is 0 Å². The summed E-state index contributed by atoms with van der Waals surface area (Å²) in [7, 11) is 0. The Morgan fingerprint density at radius 1 is 0.511 bits per heavy atom. The van der Waals surface area contributed by atoms with Crippen molar-refractivity contribution in [3.8, 4) is 17.2 Å². The van der Waals surface area contributed by atoms with Crippen molar-refractivity contribution in [2.75, 3.05) is 0 Å². The van der Waals surface area contributed by atoms with Crippen LogP contribution in [0, 0.1) is 6.92 Å². The SMILES string of the molecule is Cc1cc2ccc3c(c2c2ccccc12)Oc1c(ccc2cc(O)c4ccccc4c12)C31c2ccccc2Cc2ccccc21. The quantitative estimate of drug-likeness (QED) is 0.182. The molecule has 1 aliphatic heterocycles. The number of phenols is 1. The van der Waals surface area contributed by atoms with Crippen LogP contribution in [0.4, 0.5) is 0 Å². The molecule has 2 nitrogen and oxygen atoms in total. The van der Waals surface area contributed by atoms with Crippen molar-refractivity contribution in [2.45, 2.75) is 18.8 Å². The molecule has 0 fully saturated rings. The molecule has 1 aliphatic carbocycles. The van der Waals surface area contributed by atoms with Crippen LogP contribution < -0.4 is 4.74 Å². The number of hydrogen-bond acceptors (Lipinski definition) is 2. The van der Waals surface area contributed by atoms with Crippen molar-refractivity contribution in [1.82, 2.24) is 0 Å². The van der Waals surface area contributed by atoms with Crippen LogP contribution in [0.15, 0.2) is 133 Å². The van der Waals surface area contributed by atoms with E-state index in [2.05, 4.69) is 116 Å². The Kier molecular flexibility index (Phi) is 4.82. The fraction of sp³-hybridized carbons (Fsp3) is 0.0698. The summed E-state index contributed by atoms with van der Waals surface area (Å²) in [5.41, 5.74) is 8.22. The molecule has 1 spiro atoms. The number of ether oxygens (including phenoxy) is 1. The Labute approximate surface area is 260 Å². The highest BCUT2D eigenvalue weighted by Crippen LogP contribution is 2.62. The molecule has 0 bridgehead atoms. The molecule has 0 radical (unpaired) electrons. The van der Waals surface area contributed by atoms with Gasteiger partial charge in [0.25, 0.3) is 0 Å². The van der Waals surface area contributed by atoms with E-state index in [9.17, 15) is 5.11 Å². The molecule has 2 heteroatoms. The van der Waals surface area contributed by atoms with E-state index in [1.165, 1.54) is 49.5 Å². The van der Waals surface area contributed by atoms with E-state index in [0.29, 0.717) is 0 Å². The van der Waals surface area contributed by atoms with Crippen molar-refractivity contribution in [3.05, 3.63) is 172 Å². The first-order valence-corrected chi connectivity index (χ1v) is 15.6. The monoisotopic (exact) mass is 576 g/mol.